The van der Waals surface area contributed by atoms with E-state index in [1.54, 1.807) is 30.0 Å². The van der Waals surface area contributed by atoms with Crippen LogP contribution >= 0.6 is 11.8 Å². The number of anilines is 2. The molecule has 2 aromatic rings. The second-order valence-corrected chi connectivity index (χ2v) is 6.62. The highest BCUT2D eigenvalue weighted by Gasteiger charge is 2.39. The third kappa shape index (κ3) is 3.48. The Kier molecular flexibility index (Phi) is 5.37. The molecule has 0 radical (unpaired) electrons. The van der Waals surface area contributed by atoms with Gasteiger partial charge in [-0.05, 0) is 42.7 Å². The number of carbonyl (C=O) groups is 2. The van der Waals surface area contributed by atoms with Crippen molar-refractivity contribution in [2.45, 2.75) is 17.4 Å². The van der Waals surface area contributed by atoms with Gasteiger partial charge in [-0.25, -0.2) is 4.90 Å². The Hall–Kier alpha value is -2.67. The van der Waals surface area contributed by atoms with E-state index in [1.165, 1.54) is 19.1 Å². The first-order valence-electron chi connectivity index (χ1n) is 8.06. The van der Waals surface area contributed by atoms with Gasteiger partial charge in [0, 0.05) is 16.6 Å². The van der Waals surface area contributed by atoms with Gasteiger partial charge < -0.3 is 14.8 Å². The Bertz CT molecular complexity index is 823. The fraction of sp³-hybridized carbons (Fsp3) is 0.263. The quantitative estimate of drug-likeness (QED) is 0.621. The Morgan fingerprint density at radius 3 is 2.35 bits per heavy atom. The van der Waals surface area contributed by atoms with Crippen LogP contribution in [0.1, 0.15) is 6.42 Å². The van der Waals surface area contributed by atoms with Gasteiger partial charge in [0.05, 0.1) is 26.3 Å². The van der Waals surface area contributed by atoms with Gasteiger partial charge in [0.1, 0.15) is 6.04 Å². The summed E-state index contributed by atoms with van der Waals surface area (Å²) >= 11 is 1.65. The lowest BCUT2D eigenvalue weighted by atomic mass is 10.2. The number of methoxy groups -OCH3 is 2. The van der Waals surface area contributed by atoms with Crippen LogP contribution in [0, 0.1) is 0 Å². The Morgan fingerprint density at radius 1 is 1.04 bits per heavy atom. The number of amides is 2. The number of rotatable bonds is 6. The lowest BCUT2D eigenvalue weighted by molar-refractivity contribution is -0.121. The third-order valence-corrected chi connectivity index (χ3v) is 4.95. The Balaban J connectivity index is 1.80. The van der Waals surface area contributed by atoms with Crippen molar-refractivity contribution in [1.29, 1.82) is 0 Å². The van der Waals surface area contributed by atoms with Crippen molar-refractivity contribution in [3.63, 3.8) is 0 Å². The highest BCUT2D eigenvalue weighted by Crippen LogP contribution is 2.34. The molecule has 7 heteroatoms. The molecule has 1 heterocycles. The Labute approximate surface area is 156 Å². The molecule has 3 rings (SSSR count). The predicted octanol–water partition coefficient (Wildman–Crippen LogP) is 3.17. The van der Waals surface area contributed by atoms with Crippen LogP contribution in [-0.2, 0) is 9.59 Å². The van der Waals surface area contributed by atoms with Crippen molar-refractivity contribution < 1.29 is 19.1 Å². The summed E-state index contributed by atoms with van der Waals surface area (Å²) in [6.07, 6.45) is 2.11. The van der Waals surface area contributed by atoms with E-state index in [4.69, 9.17) is 9.47 Å². The van der Waals surface area contributed by atoms with Crippen molar-refractivity contribution in [3.05, 3.63) is 42.5 Å². The molecular weight excluding hydrogens is 352 g/mol. The lowest BCUT2D eigenvalue weighted by Crippen LogP contribution is -2.34. The highest BCUT2D eigenvalue weighted by molar-refractivity contribution is 7.98. The first-order chi connectivity index (χ1) is 12.6. The molecule has 136 valence electrons. The van der Waals surface area contributed by atoms with Gasteiger partial charge in [0.15, 0.2) is 11.5 Å². The monoisotopic (exact) mass is 372 g/mol. The number of nitrogens with one attached hydrogen (secondary N) is 1. The van der Waals surface area contributed by atoms with E-state index >= 15 is 0 Å². The maximum absolute atomic E-state index is 12.8. The van der Waals surface area contributed by atoms with Gasteiger partial charge in [-0.1, -0.05) is 0 Å². The summed E-state index contributed by atoms with van der Waals surface area (Å²) in [6.45, 7) is 0. The zero-order valence-corrected chi connectivity index (χ0v) is 15.6. The van der Waals surface area contributed by atoms with E-state index in [-0.39, 0.29) is 18.2 Å². The van der Waals surface area contributed by atoms with Crippen molar-refractivity contribution >= 4 is 35.0 Å². The second kappa shape index (κ2) is 7.70. The number of hydrogen-bond acceptors (Lipinski definition) is 6. The van der Waals surface area contributed by atoms with Gasteiger partial charge in [-0.15, -0.1) is 11.8 Å². The van der Waals surface area contributed by atoms with E-state index in [9.17, 15) is 9.59 Å². The molecule has 1 saturated heterocycles. The van der Waals surface area contributed by atoms with Crippen molar-refractivity contribution in [2.24, 2.45) is 0 Å². The molecule has 0 saturated carbocycles. The molecule has 6 nitrogen and oxygen atoms in total. The van der Waals surface area contributed by atoms with Gasteiger partial charge >= 0.3 is 0 Å². The molecule has 1 aliphatic heterocycles. The van der Waals surface area contributed by atoms with Crippen LogP contribution in [0.4, 0.5) is 11.4 Å². The molecule has 0 spiro atoms. The SMILES string of the molecule is COc1ccc(N2C(=O)CC(Nc3ccc(SC)cc3)C2=O)cc1OC. The maximum atomic E-state index is 12.8. The van der Waals surface area contributed by atoms with Crippen LogP contribution in [0.25, 0.3) is 0 Å². The topological polar surface area (TPSA) is 67.9 Å². The van der Waals surface area contributed by atoms with Crippen LogP contribution in [0.2, 0.25) is 0 Å². The molecule has 0 bridgehead atoms. The predicted molar refractivity (Wildman–Crippen MR) is 102 cm³/mol. The minimum absolute atomic E-state index is 0.109. The summed E-state index contributed by atoms with van der Waals surface area (Å²) in [6, 6.07) is 12.1. The lowest BCUT2D eigenvalue weighted by Gasteiger charge is -2.18. The van der Waals surface area contributed by atoms with Crippen LogP contribution in [0.5, 0.6) is 11.5 Å². The number of benzene rings is 2. The average Bonchev–Trinajstić information content (AvgIpc) is 2.95. The number of nitrogens with zero attached hydrogens (tertiary/aromatic N) is 1. The number of imide groups is 1. The number of carbonyl (C=O) groups excluding carboxylic acids is 2. The maximum Gasteiger partial charge on any atom is 0.256 e. The fourth-order valence-corrected chi connectivity index (χ4v) is 3.28. The summed E-state index contributed by atoms with van der Waals surface area (Å²) in [4.78, 5) is 27.5. The molecular formula is C19H20N2O4S. The molecule has 26 heavy (non-hydrogen) atoms. The zero-order valence-electron chi connectivity index (χ0n) is 14.8. The highest BCUT2D eigenvalue weighted by atomic mass is 32.2. The van der Waals surface area contributed by atoms with E-state index in [0.717, 1.165) is 10.6 Å². The Morgan fingerprint density at radius 2 is 1.73 bits per heavy atom. The summed E-state index contributed by atoms with van der Waals surface area (Å²) in [7, 11) is 3.05. The van der Waals surface area contributed by atoms with E-state index in [0.29, 0.717) is 17.2 Å². The van der Waals surface area contributed by atoms with E-state index in [2.05, 4.69) is 5.32 Å². The summed E-state index contributed by atoms with van der Waals surface area (Å²) in [5.74, 6) is 0.477. The number of ether oxygens (including phenoxy) is 2. The molecule has 1 fully saturated rings. The van der Waals surface area contributed by atoms with E-state index < -0.39 is 6.04 Å². The summed E-state index contributed by atoms with van der Waals surface area (Å²) < 4.78 is 10.5. The fourth-order valence-electron chi connectivity index (χ4n) is 2.87. The smallest absolute Gasteiger partial charge is 0.256 e. The van der Waals surface area contributed by atoms with Gasteiger partial charge in [0.25, 0.3) is 5.91 Å². The summed E-state index contributed by atoms with van der Waals surface area (Å²) in [5, 5.41) is 3.15. The van der Waals surface area contributed by atoms with Crippen molar-refractivity contribution in [2.75, 3.05) is 30.7 Å². The van der Waals surface area contributed by atoms with Crippen molar-refractivity contribution in [3.8, 4) is 11.5 Å². The molecule has 0 aliphatic carbocycles. The van der Waals surface area contributed by atoms with Gasteiger partial charge in [-0.3, -0.25) is 9.59 Å². The largest absolute Gasteiger partial charge is 0.493 e. The van der Waals surface area contributed by atoms with Crippen LogP contribution in [-0.4, -0.2) is 38.3 Å². The first kappa shape index (κ1) is 18.1. The first-order valence-corrected chi connectivity index (χ1v) is 9.29. The third-order valence-electron chi connectivity index (χ3n) is 4.20. The molecule has 1 N–H and O–H groups in total. The number of hydrogen-bond donors (Lipinski definition) is 1. The van der Waals surface area contributed by atoms with Gasteiger partial charge in [-0.2, -0.15) is 0 Å². The molecule has 0 aromatic heterocycles. The normalized spacial score (nSPS) is 16.7. The number of thioether (sulfide) groups is 1. The van der Waals surface area contributed by atoms with Crippen LogP contribution in [0.15, 0.2) is 47.4 Å². The minimum atomic E-state index is -0.587. The molecule has 1 atom stereocenters. The molecule has 2 aromatic carbocycles. The van der Waals surface area contributed by atoms with Gasteiger partial charge in [0.2, 0.25) is 5.91 Å². The standard InChI is InChI=1S/C19H20N2O4S/c1-24-16-9-6-13(10-17(16)25-2)21-18(22)11-15(19(21)23)20-12-4-7-14(26-3)8-5-12/h4-10,15,20H,11H2,1-3H3. The van der Waals surface area contributed by atoms with E-state index in [1.807, 2.05) is 30.5 Å². The van der Waals surface area contributed by atoms with Crippen LogP contribution < -0.4 is 19.7 Å². The van der Waals surface area contributed by atoms with Crippen LogP contribution in [0.3, 0.4) is 0 Å². The second-order valence-electron chi connectivity index (χ2n) is 5.74. The molecule has 1 unspecified atom stereocenters. The average molecular weight is 372 g/mol. The summed E-state index contributed by atoms with van der Waals surface area (Å²) in [5.41, 5.74) is 1.28. The zero-order chi connectivity index (χ0) is 18.7. The minimum Gasteiger partial charge on any atom is -0.493 e. The molecule has 1 aliphatic rings. The molecule has 2 amide bonds. The van der Waals surface area contributed by atoms with Crippen molar-refractivity contribution in [1.82, 2.24) is 0 Å².